The molecule has 0 aliphatic rings. The average molecular weight is 1050 g/mol. The first-order valence-corrected chi connectivity index (χ1v) is 34.5. The van der Waals surface area contributed by atoms with E-state index in [1.165, 1.54) is 321 Å². The summed E-state index contributed by atoms with van der Waals surface area (Å²) >= 11 is 0. The maximum Gasteiger partial charge on any atom is 0.255 e. The number of unbranched alkanes of at least 4 members (excludes halogenated alkanes) is 53. The van der Waals surface area contributed by atoms with E-state index < -0.39 is 0 Å². The molecule has 0 saturated carbocycles. The Balaban J connectivity index is 2.29. The smallest absolute Gasteiger partial charge is 0.255 e. The van der Waals surface area contributed by atoms with Crippen LogP contribution in [0.15, 0.2) is 18.2 Å². The summed E-state index contributed by atoms with van der Waals surface area (Å²) in [5.41, 5.74) is 1.13. The maximum atomic E-state index is 13.5. The third-order valence-corrected chi connectivity index (χ3v) is 16.4. The molecule has 2 amide bonds. The van der Waals surface area contributed by atoms with Crippen molar-refractivity contribution < 1.29 is 14.3 Å². The zero-order valence-corrected chi connectivity index (χ0v) is 51.2. The standard InChI is InChI=1S/C70H132N2O3/c1-4-7-10-13-16-19-22-25-28-30-32-34-36-38-40-42-45-48-51-54-57-62-71-69(73)66-60-61-67(68(65-66)75-64-59-56-53-50-47-44-27-24-21-18-15-12-9-6-3)70(74)72-63-58-55-52-49-46-43-41-39-37-35-33-31-29-26-23-20-17-14-11-8-5-2/h60-61,65H,4-59,62-64H2,1-3H3,(H,71,73)(H,72,74). The molecule has 75 heavy (non-hydrogen) atoms. The van der Waals surface area contributed by atoms with E-state index in [9.17, 15) is 9.59 Å². The highest BCUT2D eigenvalue weighted by molar-refractivity contribution is 6.00. The minimum atomic E-state index is -0.0920. The first kappa shape index (κ1) is 71.0. The molecule has 1 aromatic rings. The molecule has 0 radical (unpaired) electrons. The van der Waals surface area contributed by atoms with Crippen LogP contribution in [0.4, 0.5) is 0 Å². The summed E-state index contributed by atoms with van der Waals surface area (Å²) in [7, 11) is 0. The monoisotopic (exact) mass is 1050 g/mol. The largest absolute Gasteiger partial charge is 0.493 e. The second-order valence-electron chi connectivity index (χ2n) is 23.8. The minimum absolute atomic E-state index is 0.0731. The Hall–Kier alpha value is -2.04. The fourth-order valence-electron chi connectivity index (χ4n) is 11.2. The van der Waals surface area contributed by atoms with Crippen molar-refractivity contribution in [3.05, 3.63) is 29.3 Å². The molecular formula is C70H132N2O3. The third kappa shape index (κ3) is 50.0. The molecular weight excluding hydrogens is 917 g/mol. The van der Waals surface area contributed by atoms with Crippen molar-refractivity contribution >= 4 is 11.8 Å². The van der Waals surface area contributed by atoms with Crippen molar-refractivity contribution in [2.45, 2.75) is 380 Å². The zero-order valence-electron chi connectivity index (χ0n) is 51.2. The van der Waals surface area contributed by atoms with Crippen LogP contribution in [0.3, 0.4) is 0 Å². The van der Waals surface area contributed by atoms with E-state index in [1.807, 2.05) is 12.1 Å². The van der Waals surface area contributed by atoms with Gasteiger partial charge in [-0.2, -0.15) is 0 Å². The van der Waals surface area contributed by atoms with Crippen LogP contribution < -0.4 is 15.4 Å². The summed E-state index contributed by atoms with van der Waals surface area (Å²) in [6.07, 6.45) is 76.1. The van der Waals surface area contributed by atoms with Gasteiger partial charge >= 0.3 is 0 Å². The van der Waals surface area contributed by atoms with Gasteiger partial charge in [-0.15, -0.1) is 0 Å². The van der Waals surface area contributed by atoms with Crippen molar-refractivity contribution in [3.8, 4) is 5.75 Å². The first-order valence-electron chi connectivity index (χ1n) is 34.5. The van der Waals surface area contributed by atoms with Crippen LogP contribution >= 0.6 is 0 Å². The van der Waals surface area contributed by atoms with Gasteiger partial charge in [-0.25, -0.2) is 0 Å². The summed E-state index contributed by atoms with van der Waals surface area (Å²) in [6, 6.07) is 5.42. The lowest BCUT2D eigenvalue weighted by molar-refractivity contribution is 0.0937. The molecule has 0 spiro atoms. The first-order chi connectivity index (χ1) is 37.1. The van der Waals surface area contributed by atoms with Gasteiger partial charge in [0.25, 0.3) is 11.8 Å². The van der Waals surface area contributed by atoms with Crippen molar-refractivity contribution in [2.75, 3.05) is 19.7 Å². The molecule has 440 valence electrons. The van der Waals surface area contributed by atoms with E-state index in [-0.39, 0.29) is 11.8 Å². The van der Waals surface area contributed by atoms with Gasteiger partial charge in [0, 0.05) is 18.7 Å². The molecule has 0 bridgehead atoms. The molecule has 0 aliphatic heterocycles. The van der Waals surface area contributed by atoms with E-state index in [0.29, 0.717) is 36.6 Å². The highest BCUT2D eigenvalue weighted by Gasteiger charge is 2.16. The number of nitrogens with one attached hydrogen (secondary N) is 2. The molecule has 0 aliphatic carbocycles. The van der Waals surface area contributed by atoms with Gasteiger partial charge in [-0.3, -0.25) is 9.59 Å². The molecule has 1 rings (SSSR count). The fourth-order valence-corrected chi connectivity index (χ4v) is 11.2. The number of carbonyl (C=O) groups is 2. The van der Waals surface area contributed by atoms with Crippen molar-refractivity contribution in [2.24, 2.45) is 0 Å². The van der Waals surface area contributed by atoms with Crippen LogP contribution in [-0.4, -0.2) is 31.5 Å². The summed E-state index contributed by atoms with van der Waals surface area (Å²) in [5.74, 6) is 0.379. The summed E-state index contributed by atoms with van der Waals surface area (Å²) in [5, 5.41) is 6.33. The molecule has 0 unspecified atom stereocenters. The number of amides is 2. The van der Waals surface area contributed by atoms with Crippen LogP contribution in [-0.2, 0) is 0 Å². The Kier molecular flexibility index (Phi) is 56.4. The molecule has 5 heteroatoms. The molecule has 0 heterocycles. The van der Waals surface area contributed by atoms with Crippen molar-refractivity contribution in [3.63, 3.8) is 0 Å². The van der Waals surface area contributed by atoms with Crippen LogP contribution in [0.5, 0.6) is 5.75 Å². The van der Waals surface area contributed by atoms with Gasteiger partial charge in [-0.1, -0.05) is 361 Å². The van der Waals surface area contributed by atoms with Gasteiger partial charge in [-0.05, 0) is 37.5 Å². The number of benzene rings is 1. The maximum absolute atomic E-state index is 13.5. The Bertz CT molecular complexity index is 1310. The summed E-state index contributed by atoms with van der Waals surface area (Å²) in [4.78, 5) is 26.8. The molecule has 0 aromatic heterocycles. The number of rotatable bonds is 62. The average Bonchev–Trinajstić information content (AvgIpc) is 3.42. The Morgan fingerprint density at radius 1 is 0.293 bits per heavy atom. The molecule has 5 nitrogen and oxygen atoms in total. The van der Waals surface area contributed by atoms with Crippen LogP contribution in [0.1, 0.15) is 401 Å². The number of ether oxygens (including phenoxy) is 1. The second kappa shape index (κ2) is 59.6. The van der Waals surface area contributed by atoms with Crippen LogP contribution in [0, 0.1) is 0 Å². The second-order valence-corrected chi connectivity index (χ2v) is 23.8. The number of carbonyl (C=O) groups excluding carboxylic acids is 2. The lowest BCUT2D eigenvalue weighted by atomic mass is 10.0. The SMILES string of the molecule is CCCCCCCCCCCCCCCCCCCCCCCNC(=O)c1ccc(C(=O)NCCCCCCCCCCCCCCCCCCCCCCC)c(OCCCCCCCCCCCCCCCC)c1. The van der Waals surface area contributed by atoms with E-state index in [1.54, 1.807) is 6.07 Å². The highest BCUT2D eigenvalue weighted by Crippen LogP contribution is 2.23. The Morgan fingerprint density at radius 2 is 0.520 bits per heavy atom. The molecule has 1 aromatic carbocycles. The van der Waals surface area contributed by atoms with Crippen LogP contribution in [0.2, 0.25) is 0 Å². The molecule has 0 saturated heterocycles. The van der Waals surface area contributed by atoms with Crippen molar-refractivity contribution in [1.82, 2.24) is 10.6 Å². The highest BCUT2D eigenvalue weighted by atomic mass is 16.5. The van der Waals surface area contributed by atoms with Gasteiger partial charge in [0.15, 0.2) is 0 Å². The van der Waals surface area contributed by atoms with Crippen LogP contribution in [0.25, 0.3) is 0 Å². The summed E-state index contributed by atoms with van der Waals surface area (Å²) < 4.78 is 6.32. The van der Waals surface area contributed by atoms with Gasteiger partial charge < -0.3 is 15.4 Å². The van der Waals surface area contributed by atoms with E-state index in [4.69, 9.17) is 4.74 Å². The lowest BCUT2D eigenvalue weighted by Gasteiger charge is -2.14. The Morgan fingerprint density at radius 3 is 0.787 bits per heavy atom. The lowest BCUT2D eigenvalue weighted by Crippen LogP contribution is -2.26. The van der Waals surface area contributed by atoms with E-state index in [0.717, 1.165) is 38.5 Å². The van der Waals surface area contributed by atoms with E-state index >= 15 is 0 Å². The summed E-state index contributed by atoms with van der Waals surface area (Å²) in [6.45, 7) is 8.83. The van der Waals surface area contributed by atoms with Crippen molar-refractivity contribution in [1.29, 1.82) is 0 Å². The zero-order chi connectivity index (χ0) is 53.8. The molecule has 0 atom stereocenters. The molecule has 0 fully saturated rings. The predicted octanol–water partition coefficient (Wildman–Crippen LogP) is 23.4. The van der Waals surface area contributed by atoms with Gasteiger partial charge in [0.2, 0.25) is 0 Å². The topological polar surface area (TPSA) is 67.4 Å². The minimum Gasteiger partial charge on any atom is -0.493 e. The number of hydrogen-bond acceptors (Lipinski definition) is 3. The predicted molar refractivity (Wildman–Crippen MR) is 332 cm³/mol. The van der Waals surface area contributed by atoms with Gasteiger partial charge in [0.05, 0.1) is 12.2 Å². The third-order valence-electron chi connectivity index (χ3n) is 16.4. The fraction of sp³-hybridized carbons (Fsp3) is 0.886. The normalized spacial score (nSPS) is 11.5. The quantitative estimate of drug-likeness (QED) is 0.0639. The Labute approximate surface area is 469 Å². The molecule has 2 N–H and O–H groups in total. The van der Waals surface area contributed by atoms with E-state index in [2.05, 4.69) is 31.4 Å². The number of hydrogen-bond donors (Lipinski definition) is 2. The van der Waals surface area contributed by atoms with Gasteiger partial charge in [0.1, 0.15) is 5.75 Å².